The summed E-state index contributed by atoms with van der Waals surface area (Å²) in [6, 6.07) is 16.0. The smallest absolute Gasteiger partial charge is 0.311 e. The number of aryl methyl sites for hydroxylation is 1. The molecular weight excluding hydrogens is 655 g/mol. The fourth-order valence-corrected chi connectivity index (χ4v) is 6.60. The topological polar surface area (TPSA) is 149 Å². The van der Waals surface area contributed by atoms with E-state index in [-0.39, 0.29) is 27.6 Å². The number of methoxy groups -OCH3 is 1. The quantitative estimate of drug-likeness (QED) is 0.0507. The highest BCUT2D eigenvalue weighted by atomic mass is 35.5. The van der Waals surface area contributed by atoms with Gasteiger partial charge in [0.15, 0.2) is 11.2 Å². The van der Waals surface area contributed by atoms with Crippen LogP contribution in [0.15, 0.2) is 74.8 Å². The van der Waals surface area contributed by atoms with Gasteiger partial charge in [0.2, 0.25) is 0 Å². The minimum atomic E-state index is -4.54. The van der Waals surface area contributed by atoms with Crippen molar-refractivity contribution in [2.75, 3.05) is 30.8 Å². The van der Waals surface area contributed by atoms with Gasteiger partial charge < -0.3 is 24.5 Å². The number of carbonyl (C=O) groups is 1. The minimum absolute atomic E-state index is 0.0216. The molecule has 0 bridgehead atoms. The van der Waals surface area contributed by atoms with Crippen LogP contribution in [-0.4, -0.2) is 39.1 Å². The number of ether oxygens (including phenoxy) is 2. The number of hydrogen-bond acceptors (Lipinski definition) is 9. The second-order valence-electron chi connectivity index (χ2n) is 10.6. The molecule has 2 aliphatic rings. The lowest BCUT2D eigenvalue weighted by Crippen LogP contribution is -2.25. The van der Waals surface area contributed by atoms with Crippen LogP contribution in [0.5, 0.6) is 11.5 Å². The van der Waals surface area contributed by atoms with Gasteiger partial charge in [-0.05, 0) is 68.3 Å². The van der Waals surface area contributed by atoms with Crippen LogP contribution in [0.1, 0.15) is 25.3 Å². The molecule has 13 heteroatoms. The van der Waals surface area contributed by atoms with E-state index in [1.165, 1.54) is 12.1 Å². The van der Waals surface area contributed by atoms with Gasteiger partial charge in [-0.2, -0.15) is 8.42 Å². The molecule has 0 saturated carbocycles. The lowest BCUT2D eigenvalue weighted by Gasteiger charge is -2.27. The summed E-state index contributed by atoms with van der Waals surface area (Å²) in [5, 5.41) is 0.358. The lowest BCUT2D eigenvalue weighted by atomic mass is 9.91. The van der Waals surface area contributed by atoms with Crippen LogP contribution in [-0.2, 0) is 14.9 Å². The average Bonchev–Trinajstić information content (AvgIpc) is 2.99. The Morgan fingerprint density at radius 1 is 1.02 bits per heavy atom. The van der Waals surface area contributed by atoms with Crippen molar-refractivity contribution in [1.29, 1.82) is 0 Å². The van der Waals surface area contributed by atoms with Gasteiger partial charge in [-0.25, -0.2) is 0 Å². The first-order chi connectivity index (χ1) is 21.8. The summed E-state index contributed by atoms with van der Waals surface area (Å²) in [6.07, 6.45) is 0.441. The van der Waals surface area contributed by atoms with Crippen LogP contribution in [0.3, 0.4) is 0 Å². The number of anilines is 2. The summed E-state index contributed by atoms with van der Waals surface area (Å²) < 4.78 is 49.3. The van der Waals surface area contributed by atoms with Crippen LogP contribution in [0.4, 0.5) is 11.4 Å². The highest BCUT2D eigenvalue weighted by Gasteiger charge is 2.23. The summed E-state index contributed by atoms with van der Waals surface area (Å²) in [6.45, 7) is 5.12. The fraction of sp³-hybridized carbons (Fsp3) is 0.212. The van der Waals surface area contributed by atoms with Crippen LogP contribution < -0.4 is 25.5 Å². The van der Waals surface area contributed by atoms with E-state index in [0.29, 0.717) is 42.3 Å². The maximum atomic E-state index is 12.6. The number of esters is 1. The summed E-state index contributed by atoms with van der Waals surface area (Å²) in [5.41, 5.74) is 11.2. The molecule has 0 unspecified atom stereocenters. The van der Waals surface area contributed by atoms with E-state index in [1.807, 2.05) is 32.0 Å². The molecule has 3 aromatic rings. The highest BCUT2D eigenvalue weighted by molar-refractivity contribution is 7.85. The summed E-state index contributed by atoms with van der Waals surface area (Å²) in [4.78, 5) is 26.4. The first kappa shape index (κ1) is 33.1. The van der Waals surface area contributed by atoms with Gasteiger partial charge in [-0.15, -0.1) is 0 Å². The second-order valence-corrected chi connectivity index (χ2v) is 12.8. The third kappa shape index (κ3) is 6.78. The molecule has 46 heavy (non-hydrogen) atoms. The summed E-state index contributed by atoms with van der Waals surface area (Å²) >= 11 is 12.1. The number of carbonyl (C=O) groups excluding carboxylic acids is 1. The molecule has 1 aliphatic heterocycles. The standard InChI is InChI=1S/C33H30Cl2N2O8S/c1-4-37(11-5-6-31(39)45-33-25(34)15-21(16-26(33)35)46(40,41)42)27-17-28(43-3)24(12-18(27)2)32-22-9-7-19(36)13-29(22)44-30-14-20(38)8-10-23(30)32/h7-10,12-17H,4-6,11,36H2,1-3H3,(H,40,41,42). The Balaban J connectivity index is 1.40. The van der Waals surface area contributed by atoms with Gasteiger partial charge >= 0.3 is 5.97 Å². The SMILES string of the molecule is CCN(CCCC(=O)Oc1c(Cl)cc(S(=O)(=O)O)cc1Cl)c1cc(OC)c(-c2c3ccc(=O)cc-3oc3cc(N)ccc23)cc1C. The van der Waals surface area contributed by atoms with Crippen LogP contribution in [0.25, 0.3) is 33.4 Å². The van der Waals surface area contributed by atoms with E-state index in [2.05, 4.69) is 4.90 Å². The molecule has 1 heterocycles. The fourth-order valence-electron chi connectivity index (χ4n) is 5.37. The van der Waals surface area contributed by atoms with E-state index in [4.69, 9.17) is 42.8 Å². The number of hydrogen-bond donors (Lipinski definition) is 2. The van der Waals surface area contributed by atoms with Crippen molar-refractivity contribution in [2.45, 2.75) is 31.6 Å². The Bertz CT molecular complexity index is 2090. The Morgan fingerprint density at radius 2 is 1.74 bits per heavy atom. The van der Waals surface area contributed by atoms with E-state index in [1.54, 1.807) is 25.3 Å². The Labute approximate surface area is 275 Å². The first-order valence-corrected chi connectivity index (χ1v) is 16.4. The molecule has 240 valence electrons. The highest BCUT2D eigenvalue weighted by Crippen LogP contribution is 2.45. The van der Waals surface area contributed by atoms with Gasteiger partial charge in [0.05, 0.1) is 22.1 Å². The first-order valence-electron chi connectivity index (χ1n) is 14.2. The molecule has 5 rings (SSSR count). The van der Waals surface area contributed by atoms with Crippen molar-refractivity contribution >= 4 is 61.6 Å². The molecule has 0 fully saturated rings. The van der Waals surface area contributed by atoms with Gasteiger partial charge in [0.1, 0.15) is 17.1 Å². The molecule has 1 aliphatic carbocycles. The zero-order chi connectivity index (χ0) is 33.3. The summed E-state index contributed by atoms with van der Waals surface area (Å²) in [7, 11) is -2.95. The van der Waals surface area contributed by atoms with Crippen molar-refractivity contribution in [2.24, 2.45) is 0 Å². The predicted molar refractivity (Wildman–Crippen MR) is 179 cm³/mol. The molecule has 0 aromatic heterocycles. The number of halogens is 2. The average molecular weight is 686 g/mol. The Kier molecular flexibility index (Phi) is 9.50. The maximum Gasteiger partial charge on any atom is 0.311 e. The van der Waals surface area contributed by atoms with Gasteiger partial charge in [-0.3, -0.25) is 14.1 Å². The van der Waals surface area contributed by atoms with Gasteiger partial charge in [0.25, 0.3) is 10.1 Å². The number of nitrogens with zero attached hydrogens (tertiary/aromatic N) is 1. The van der Waals surface area contributed by atoms with Crippen LogP contribution in [0, 0.1) is 6.92 Å². The lowest BCUT2D eigenvalue weighted by molar-refractivity contribution is -0.134. The molecule has 0 amide bonds. The second kappa shape index (κ2) is 13.2. The molecule has 10 nitrogen and oxygen atoms in total. The molecule has 3 N–H and O–H groups in total. The van der Waals surface area contributed by atoms with E-state index < -0.39 is 21.0 Å². The van der Waals surface area contributed by atoms with Crippen molar-refractivity contribution in [1.82, 2.24) is 0 Å². The molecule has 0 radical (unpaired) electrons. The molecule has 0 spiro atoms. The van der Waals surface area contributed by atoms with Crippen molar-refractivity contribution in [3.63, 3.8) is 0 Å². The number of nitrogens with two attached hydrogens (primary N) is 1. The van der Waals surface area contributed by atoms with Crippen molar-refractivity contribution in [3.05, 3.63) is 86.5 Å². The Hall–Kier alpha value is -4.29. The number of nitrogen functional groups attached to an aromatic ring is 1. The Morgan fingerprint density at radius 3 is 2.39 bits per heavy atom. The maximum absolute atomic E-state index is 12.6. The zero-order valence-corrected chi connectivity index (χ0v) is 27.4. The summed E-state index contributed by atoms with van der Waals surface area (Å²) in [5.74, 6) is 0.239. The van der Waals surface area contributed by atoms with Crippen LogP contribution in [0.2, 0.25) is 10.0 Å². The molecule has 0 saturated heterocycles. The minimum Gasteiger partial charge on any atom is -0.496 e. The van der Waals surface area contributed by atoms with Gasteiger partial charge in [-0.1, -0.05) is 23.2 Å². The molecule has 3 aromatic carbocycles. The molecule has 0 atom stereocenters. The van der Waals surface area contributed by atoms with E-state index in [9.17, 15) is 22.6 Å². The third-order valence-electron chi connectivity index (χ3n) is 7.52. The normalized spacial score (nSPS) is 11.6. The molecular formula is C33H30Cl2N2O8S. The number of fused-ring (bicyclic) bond motifs is 2. The monoisotopic (exact) mass is 684 g/mol. The van der Waals surface area contributed by atoms with Gasteiger partial charge in [0, 0.05) is 71.2 Å². The van der Waals surface area contributed by atoms with Crippen molar-refractivity contribution < 1.29 is 31.7 Å². The largest absolute Gasteiger partial charge is 0.496 e. The van der Waals surface area contributed by atoms with E-state index in [0.717, 1.165) is 45.5 Å². The van der Waals surface area contributed by atoms with Crippen LogP contribution >= 0.6 is 23.2 Å². The zero-order valence-electron chi connectivity index (χ0n) is 25.1. The van der Waals surface area contributed by atoms with E-state index >= 15 is 0 Å². The number of benzene rings is 4. The predicted octanol–water partition coefficient (Wildman–Crippen LogP) is 7.23. The van der Waals surface area contributed by atoms with Crippen molar-refractivity contribution in [3.8, 4) is 33.9 Å². The number of rotatable bonds is 10. The third-order valence-corrected chi connectivity index (χ3v) is 8.91.